The molecule has 0 saturated carbocycles. The van der Waals surface area contributed by atoms with Crippen LogP contribution in [-0.2, 0) is 4.57 Å². The third kappa shape index (κ3) is 4.04. The van der Waals surface area contributed by atoms with E-state index in [1.165, 1.54) is 12.1 Å². The van der Waals surface area contributed by atoms with Gasteiger partial charge in [0.2, 0.25) is 7.29 Å². The van der Waals surface area contributed by atoms with E-state index < -0.39 is 7.29 Å². The molecular formula is C27H21FN3OP. The predicted octanol–water partition coefficient (Wildman–Crippen LogP) is 5.90. The second-order valence-corrected chi connectivity index (χ2v) is 10.1. The van der Waals surface area contributed by atoms with Gasteiger partial charge in [0.15, 0.2) is 0 Å². The molecule has 0 amide bonds. The molecule has 5 aromatic rings. The van der Waals surface area contributed by atoms with Crippen LogP contribution in [0, 0.1) is 5.82 Å². The highest BCUT2D eigenvalue weighted by Gasteiger charge is 2.26. The summed E-state index contributed by atoms with van der Waals surface area (Å²) in [6, 6.07) is 30.9. The quantitative estimate of drug-likeness (QED) is 0.246. The van der Waals surface area contributed by atoms with Crippen molar-refractivity contribution in [3.8, 4) is 5.69 Å². The van der Waals surface area contributed by atoms with Gasteiger partial charge in [-0.2, -0.15) is 5.10 Å². The fourth-order valence-corrected chi connectivity index (χ4v) is 6.06. The lowest BCUT2D eigenvalue weighted by molar-refractivity contribution is 0.588. The number of rotatable bonds is 5. The fourth-order valence-electron chi connectivity index (χ4n) is 3.84. The molecular weight excluding hydrogens is 432 g/mol. The molecule has 6 heteroatoms. The maximum atomic E-state index is 14.2. The van der Waals surface area contributed by atoms with Crippen molar-refractivity contribution in [2.45, 2.75) is 6.92 Å². The van der Waals surface area contributed by atoms with Crippen molar-refractivity contribution in [2.24, 2.45) is 4.76 Å². The highest BCUT2D eigenvalue weighted by molar-refractivity contribution is 7.77. The smallest absolute Gasteiger partial charge is 0.247 e. The molecule has 33 heavy (non-hydrogen) atoms. The zero-order valence-corrected chi connectivity index (χ0v) is 18.9. The topological polar surface area (TPSA) is 47.2 Å². The van der Waals surface area contributed by atoms with Crippen LogP contribution >= 0.6 is 7.29 Å². The van der Waals surface area contributed by atoms with Crippen molar-refractivity contribution in [3.63, 3.8) is 0 Å². The summed E-state index contributed by atoms with van der Waals surface area (Å²) in [7, 11) is -3.22. The molecule has 0 aliphatic carbocycles. The lowest BCUT2D eigenvalue weighted by atomic mass is 10.1. The number of benzene rings is 4. The Labute approximate surface area is 191 Å². The van der Waals surface area contributed by atoms with Crippen LogP contribution in [0.4, 0.5) is 4.39 Å². The zero-order chi connectivity index (χ0) is 22.8. The molecule has 1 heterocycles. The van der Waals surface area contributed by atoms with E-state index in [4.69, 9.17) is 4.76 Å². The summed E-state index contributed by atoms with van der Waals surface area (Å²) in [5.74, 6) is -0.286. The van der Waals surface area contributed by atoms with Gasteiger partial charge in [-0.1, -0.05) is 42.5 Å². The van der Waals surface area contributed by atoms with E-state index in [2.05, 4.69) is 5.10 Å². The van der Waals surface area contributed by atoms with Crippen LogP contribution in [0.1, 0.15) is 12.5 Å². The van der Waals surface area contributed by atoms with Crippen LogP contribution in [0.2, 0.25) is 0 Å². The number of hydrogen-bond donors (Lipinski definition) is 0. The van der Waals surface area contributed by atoms with Gasteiger partial charge in [0.25, 0.3) is 0 Å². The van der Waals surface area contributed by atoms with Crippen LogP contribution in [-0.4, -0.2) is 15.5 Å². The lowest BCUT2D eigenvalue weighted by Crippen LogP contribution is -2.15. The summed E-state index contributed by atoms with van der Waals surface area (Å²) in [5.41, 5.74) is 3.23. The van der Waals surface area contributed by atoms with Crippen molar-refractivity contribution >= 4 is 34.5 Å². The van der Waals surface area contributed by atoms with Crippen LogP contribution in [0.3, 0.4) is 0 Å². The average molecular weight is 453 g/mol. The highest BCUT2D eigenvalue weighted by atomic mass is 31.2. The van der Waals surface area contributed by atoms with E-state index in [1.54, 1.807) is 23.0 Å². The van der Waals surface area contributed by atoms with Crippen LogP contribution < -0.4 is 10.6 Å². The number of halogens is 1. The first-order valence-corrected chi connectivity index (χ1v) is 12.2. The molecule has 0 fully saturated rings. The van der Waals surface area contributed by atoms with Crippen molar-refractivity contribution < 1.29 is 8.96 Å². The third-order valence-electron chi connectivity index (χ3n) is 5.56. The SMILES string of the molecule is C/C(=N\P(=O)(c1ccccc1)c1ccccc1)c1ccc2c(cnn2-c2ccc(F)cc2)c1. The van der Waals surface area contributed by atoms with Crippen LogP contribution in [0.15, 0.2) is 114 Å². The Morgan fingerprint density at radius 1 is 0.848 bits per heavy atom. The van der Waals surface area contributed by atoms with Gasteiger partial charge in [0, 0.05) is 21.7 Å². The molecule has 0 atom stereocenters. The summed E-state index contributed by atoms with van der Waals surface area (Å²) in [4.78, 5) is 0. The second-order valence-electron chi connectivity index (χ2n) is 7.74. The van der Waals surface area contributed by atoms with Crippen LogP contribution in [0.25, 0.3) is 16.6 Å². The van der Waals surface area contributed by atoms with E-state index in [9.17, 15) is 8.96 Å². The molecule has 0 bridgehead atoms. The Kier molecular flexibility index (Phi) is 5.49. The van der Waals surface area contributed by atoms with E-state index in [0.29, 0.717) is 16.3 Å². The molecule has 0 N–H and O–H groups in total. The monoisotopic (exact) mass is 453 g/mol. The molecule has 0 spiro atoms. The maximum absolute atomic E-state index is 14.2. The van der Waals surface area contributed by atoms with Crippen molar-refractivity contribution in [2.75, 3.05) is 0 Å². The van der Waals surface area contributed by atoms with E-state index in [1.807, 2.05) is 85.8 Å². The fraction of sp³-hybridized carbons (Fsp3) is 0.0370. The lowest BCUT2D eigenvalue weighted by Gasteiger charge is -2.16. The number of fused-ring (bicyclic) bond motifs is 1. The minimum Gasteiger partial charge on any atom is -0.288 e. The van der Waals surface area contributed by atoms with Crippen molar-refractivity contribution in [3.05, 3.63) is 121 Å². The minimum atomic E-state index is -3.22. The molecule has 0 aliphatic rings. The molecule has 0 radical (unpaired) electrons. The van der Waals surface area contributed by atoms with E-state index in [-0.39, 0.29) is 5.82 Å². The third-order valence-corrected chi connectivity index (χ3v) is 8.14. The van der Waals surface area contributed by atoms with Crippen molar-refractivity contribution in [1.82, 2.24) is 9.78 Å². The summed E-state index contributed by atoms with van der Waals surface area (Å²) < 4.78 is 34.1. The first kappa shape index (κ1) is 21.0. The average Bonchev–Trinajstić information content (AvgIpc) is 3.29. The van der Waals surface area contributed by atoms with Gasteiger partial charge in [-0.25, -0.2) is 13.8 Å². The molecule has 0 aliphatic heterocycles. The Bertz CT molecular complexity index is 1450. The molecule has 4 nitrogen and oxygen atoms in total. The largest absolute Gasteiger partial charge is 0.288 e. The maximum Gasteiger partial charge on any atom is 0.247 e. The van der Waals surface area contributed by atoms with Gasteiger partial charge < -0.3 is 0 Å². The Hall–Kier alpha value is -3.82. The molecule has 1 aromatic heterocycles. The zero-order valence-electron chi connectivity index (χ0n) is 18.0. The molecule has 162 valence electrons. The van der Waals surface area contributed by atoms with E-state index in [0.717, 1.165) is 22.2 Å². The number of nitrogens with zero attached hydrogens (tertiary/aromatic N) is 3. The van der Waals surface area contributed by atoms with Gasteiger partial charge in [-0.15, -0.1) is 0 Å². The van der Waals surface area contributed by atoms with Gasteiger partial charge in [-0.05, 0) is 73.2 Å². The van der Waals surface area contributed by atoms with Gasteiger partial charge in [0.05, 0.1) is 17.4 Å². The summed E-state index contributed by atoms with van der Waals surface area (Å²) in [6.45, 7) is 1.88. The summed E-state index contributed by atoms with van der Waals surface area (Å²) in [5, 5.41) is 6.77. The second kappa shape index (κ2) is 8.61. The van der Waals surface area contributed by atoms with Gasteiger partial charge >= 0.3 is 0 Å². The first-order valence-electron chi connectivity index (χ1n) is 10.6. The standard InChI is InChI=1S/C27H21FN3OP/c1-20(30-33(32,25-8-4-2-5-9-25)26-10-6-3-7-11-26)21-12-17-27-22(18-21)19-29-31(27)24-15-13-23(28)14-16-24/h2-19H,1H3/b30-20+. The van der Waals surface area contributed by atoms with Gasteiger partial charge in [-0.3, -0.25) is 4.57 Å². The normalized spacial score (nSPS) is 12.2. The van der Waals surface area contributed by atoms with Crippen molar-refractivity contribution in [1.29, 1.82) is 0 Å². The van der Waals surface area contributed by atoms with Gasteiger partial charge in [0.1, 0.15) is 5.82 Å². The Morgan fingerprint density at radius 2 is 1.45 bits per heavy atom. The van der Waals surface area contributed by atoms with E-state index >= 15 is 0 Å². The first-order chi connectivity index (χ1) is 16.0. The molecule has 0 unspecified atom stereocenters. The Balaban J connectivity index is 1.58. The molecule has 0 saturated heterocycles. The minimum absolute atomic E-state index is 0.286. The highest BCUT2D eigenvalue weighted by Crippen LogP contribution is 2.45. The summed E-state index contributed by atoms with van der Waals surface area (Å²) in [6.07, 6.45) is 1.77. The molecule has 5 rings (SSSR count). The molecule has 4 aromatic carbocycles. The summed E-state index contributed by atoms with van der Waals surface area (Å²) >= 11 is 0. The number of aromatic nitrogens is 2. The number of hydrogen-bond acceptors (Lipinski definition) is 2. The van der Waals surface area contributed by atoms with Crippen LogP contribution in [0.5, 0.6) is 0 Å². The predicted molar refractivity (Wildman–Crippen MR) is 133 cm³/mol. The Morgan fingerprint density at radius 3 is 2.06 bits per heavy atom.